The molecule has 0 saturated carbocycles. The highest BCUT2D eigenvalue weighted by Crippen LogP contribution is 2.28. The molecule has 0 aliphatic heterocycles. The lowest BCUT2D eigenvalue weighted by molar-refractivity contribution is 0.547. The van der Waals surface area contributed by atoms with Gasteiger partial charge in [-0.05, 0) is 30.7 Å². The van der Waals surface area contributed by atoms with E-state index in [2.05, 4.69) is 5.32 Å². The van der Waals surface area contributed by atoms with Crippen LogP contribution in [-0.2, 0) is 6.54 Å². The van der Waals surface area contributed by atoms with Crippen molar-refractivity contribution in [2.45, 2.75) is 19.9 Å². The molecule has 0 atom stereocenters. The van der Waals surface area contributed by atoms with Crippen LogP contribution < -0.4 is 5.32 Å². The van der Waals surface area contributed by atoms with Crippen LogP contribution in [0.25, 0.3) is 11.1 Å². The predicted molar refractivity (Wildman–Crippen MR) is 73.7 cm³/mol. The van der Waals surface area contributed by atoms with Crippen molar-refractivity contribution in [3.63, 3.8) is 0 Å². The minimum absolute atomic E-state index is 0.180. The lowest BCUT2D eigenvalue weighted by Crippen LogP contribution is -2.14. The first-order valence-corrected chi connectivity index (χ1v) is 6.67. The molecule has 0 unspecified atom stereocenters. The van der Waals surface area contributed by atoms with Crippen molar-refractivity contribution in [2.75, 3.05) is 6.54 Å². The fourth-order valence-corrected chi connectivity index (χ4v) is 2.08. The zero-order valence-corrected chi connectivity index (χ0v) is 11.5. The second kappa shape index (κ2) is 6.72. The normalized spacial score (nSPS) is 10.9. The van der Waals surface area contributed by atoms with Gasteiger partial charge >= 0.3 is 0 Å². The van der Waals surface area contributed by atoms with Crippen LogP contribution in [0.5, 0.6) is 0 Å². The number of nitrogens with one attached hydrogen (secondary N) is 1. The molecular formula is C16H15F4N. The predicted octanol–water partition coefficient (Wildman–Crippen LogP) is 4.41. The van der Waals surface area contributed by atoms with E-state index in [-0.39, 0.29) is 17.7 Å². The van der Waals surface area contributed by atoms with E-state index >= 15 is 0 Å². The highest BCUT2D eigenvalue weighted by atomic mass is 19.1. The van der Waals surface area contributed by atoms with E-state index in [9.17, 15) is 17.6 Å². The van der Waals surface area contributed by atoms with Gasteiger partial charge in [0, 0.05) is 24.2 Å². The Hall–Kier alpha value is -1.88. The van der Waals surface area contributed by atoms with Crippen LogP contribution in [0.2, 0.25) is 0 Å². The van der Waals surface area contributed by atoms with Gasteiger partial charge in [-0.3, -0.25) is 0 Å². The standard InChI is InChI=1S/C16H15F4N/c1-2-5-21-9-11-6-10(3-4-13(11)18)16-14(19)7-12(17)8-15(16)20/h3-4,6-8,21H,2,5,9H2,1H3. The first-order valence-electron chi connectivity index (χ1n) is 6.67. The topological polar surface area (TPSA) is 12.0 Å². The maximum absolute atomic E-state index is 13.7. The number of hydrogen-bond donors (Lipinski definition) is 1. The van der Waals surface area contributed by atoms with Gasteiger partial charge in [0.05, 0.1) is 5.56 Å². The van der Waals surface area contributed by atoms with E-state index < -0.39 is 23.3 Å². The van der Waals surface area contributed by atoms with E-state index in [1.165, 1.54) is 12.1 Å². The first-order chi connectivity index (χ1) is 10.0. The molecule has 0 spiro atoms. The molecule has 21 heavy (non-hydrogen) atoms. The summed E-state index contributed by atoms with van der Waals surface area (Å²) in [6, 6.07) is 5.02. The molecule has 0 aliphatic rings. The molecule has 0 aromatic heterocycles. The molecule has 0 aliphatic carbocycles. The Morgan fingerprint density at radius 1 is 0.905 bits per heavy atom. The summed E-state index contributed by atoms with van der Waals surface area (Å²) < 4.78 is 54.1. The van der Waals surface area contributed by atoms with E-state index in [0.717, 1.165) is 12.5 Å². The Labute approximate surface area is 120 Å². The van der Waals surface area contributed by atoms with Crippen LogP contribution in [0.3, 0.4) is 0 Å². The summed E-state index contributed by atoms with van der Waals surface area (Å²) >= 11 is 0. The first kappa shape index (κ1) is 15.5. The quantitative estimate of drug-likeness (QED) is 0.637. The van der Waals surface area contributed by atoms with Crippen molar-refractivity contribution in [1.29, 1.82) is 0 Å². The summed E-state index contributed by atoms with van der Waals surface area (Å²) in [6.07, 6.45) is 0.891. The third-order valence-corrected chi connectivity index (χ3v) is 3.08. The van der Waals surface area contributed by atoms with Gasteiger partial charge in [-0.1, -0.05) is 13.0 Å². The fourth-order valence-electron chi connectivity index (χ4n) is 2.08. The van der Waals surface area contributed by atoms with Gasteiger partial charge in [0.1, 0.15) is 23.3 Å². The van der Waals surface area contributed by atoms with E-state index in [1.807, 2.05) is 6.92 Å². The summed E-state index contributed by atoms with van der Waals surface area (Å²) in [4.78, 5) is 0. The Morgan fingerprint density at radius 3 is 2.19 bits per heavy atom. The van der Waals surface area contributed by atoms with Crippen LogP contribution in [0.4, 0.5) is 17.6 Å². The van der Waals surface area contributed by atoms with Crippen molar-refractivity contribution in [2.24, 2.45) is 0 Å². The van der Waals surface area contributed by atoms with E-state index in [4.69, 9.17) is 0 Å². The van der Waals surface area contributed by atoms with Crippen molar-refractivity contribution in [3.8, 4) is 11.1 Å². The third-order valence-electron chi connectivity index (χ3n) is 3.08. The lowest BCUT2D eigenvalue weighted by atomic mass is 10.0. The molecule has 0 saturated heterocycles. The number of hydrogen-bond acceptors (Lipinski definition) is 1. The Bertz CT molecular complexity index is 617. The minimum atomic E-state index is -1.01. The lowest BCUT2D eigenvalue weighted by Gasteiger charge is -2.10. The average Bonchev–Trinajstić information content (AvgIpc) is 2.41. The van der Waals surface area contributed by atoms with Gasteiger partial charge in [-0.2, -0.15) is 0 Å². The number of halogens is 4. The minimum Gasteiger partial charge on any atom is -0.313 e. The number of benzene rings is 2. The van der Waals surface area contributed by atoms with E-state index in [1.54, 1.807) is 0 Å². The average molecular weight is 297 g/mol. The highest BCUT2D eigenvalue weighted by molar-refractivity contribution is 5.65. The third kappa shape index (κ3) is 3.61. The SMILES string of the molecule is CCCNCc1cc(-c2c(F)cc(F)cc2F)ccc1F. The summed E-state index contributed by atoms with van der Waals surface area (Å²) in [5.41, 5.74) is 0.136. The molecule has 0 fully saturated rings. The van der Waals surface area contributed by atoms with E-state index in [0.29, 0.717) is 24.2 Å². The van der Waals surface area contributed by atoms with Gasteiger partial charge in [-0.25, -0.2) is 17.6 Å². The van der Waals surface area contributed by atoms with Crippen LogP contribution in [0.1, 0.15) is 18.9 Å². The zero-order chi connectivity index (χ0) is 15.4. The van der Waals surface area contributed by atoms with Gasteiger partial charge in [0.25, 0.3) is 0 Å². The molecule has 0 amide bonds. The second-order valence-corrected chi connectivity index (χ2v) is 4.73. The summed E-state index contributed by atoms with van der Waals surface area (Å²) in [7, 11) is 0. The smallest absolute Gasteiger partial charge is 0.136 e. The zero-order valence-electron chi connectivity index (χ0n) is 11.5. The molecule has 2 aromatic carbocycles. The molecule has 1 nitrogen and oxygen atoms in total. The van der Waals surface area contributed by atoms with Crippen molar-refractivity contribution < 1.29 is 17.6 Å². The van der Waals surface area contributed by atoms with Crippen LogP contribution in [-0.4, -0.2) is 6.54 Å². The monoisotopic (exact) mass is 297 g/mol. The maximum atomic E-state index is 13.7. The molecule has 112 valence electrons. The molecule has 0 heterocycles. The summed E-state index contributed by atoms with van der Waals surface area (Å²) in [5, 5.41) is 3.02. The Morgan fingerprint density at radius 2 is 1.57 bits per heavy atom. The van der Waals surface area contributed by atoms with Crippen LogP contribution >= 0.6 is 0 Å². The number of rotatable bonds is 5. The molecule has 2 rings (SSSR count). The highest BCUT2D eigenvalue weighted by Gasteiger charge is 2.15. The Kier molecular flexibility index (Phi) is 4.96. The van der Waals surface area contributed by atoms with Crippen molar-refractivity contribution >= 4 is 0 Å². The van der Waals surface area contributed by atoms with Gasteiger partial charge < -0.3 is 5.32 Å². The van der Waals surface area contributed by atoms with Crippen LogP contribution in [0, 0.1) is 23.3 Å². The van der Waals surface area contributed by atoms with Gasteiger partial charge in [0.2, 0.25) is 0 Å². The largest absolute Gasteiger partial charge is 0.313 e. The summed E-state index contributed by atoms with van der Waals surface area (Å²) in [6.45, 7) is 2.95. The molecule has 0 bridgehead atoms. The maximum Gasteiger partial charge on any atom is 0.136 e. The second-order valence-electron chi connectivity index (χ2n) is 4.73. The molecule has 2 aromatic rings. The van der Waals surface area contributed by atoms with Gasteiger partial charge in [0.15, 0.2) is 0 Å². The Balaban J connectivity index is 2.39. The van der Waals surface area contributed by atoms with Crippen LogP contribution in [0.15, 0.2) is 30.3 Å². The molecule has 1 N–H and O–H groups in total. The van der Waals surface area contributed by atoms with Gasteiger partial charge in [-0.15, -0.1) is 0 Å². The molecular weight excluding hydrogens is 282 g/mol. The molecule has 0 radical (unpaired) electrons. The fraction of sp³-hybridized carbons (Fsp3) is 0.250. The van der Waals surface area contributed by atoms with Crippen molar-refractivity contribution in [1.82, 2.24) is 5.32 Å². The van der Waals surface area contributed by atoms with Crippen molar-refractivity contribution in [3.05, 3.63) is 59.2 Å². The molecule has 5 heteroatoms. The summed E-state index contributed by atoms with van der Waals surface area (Å²) in [5.74, 6) is -3.45.